The van der Waals surface area contributed by atoms with Gasteiger partial charge >= 0.3 is 0 Å². The Morgan fingerprint density at radius 3 is 2.83 bits per heavy atom. The molecule has 2 aromatic heterocycles. The molecule has 3 aromatic rings. The highest BCUT2D eigenvalue weighted by molar-refractivity contribution is 5.97. The van der Waals surface area contributed by atoms with Crippen molar-refractivity contribution < 1.29 is 4.79 Å². The van der Waals surface area contributed by atoms with Crippen LogP contribution in [0, 0.1) is 0 Å². The van der Waals surface area contributed by atoms with E-state index in [1.807, 2.05) is 62.5 Å². The summed E-state index contributed by atoms with van der Waals surface area (Å²) >= 11 is 0. The maximum Gasteiger partial charge on any atom is 0.253 e. The van der Waals surface area contributed by atoms with E-state index in [4.69, 9.17) is 0 Å². The quantitative estimate of drug-likeness (QED) is 0.727. The van der Waals surface area contributed by atoms with E-state index in [1.54, 1.807) is 9.58 Å². The molecule has 0 saturated carbocycles. The second-order valence-electron chi connectivity index (χ2n) is 6.05. The lowest BCUT2D eigenvalue weighted by Crippen LogP contribution is -2.28. The third kappa shape index (κ3) is 3.28. The Kier molecular flexibility index (Phi) is 4.19. The van der Waals surface area contributed by atoms with Crippen LogP contribution in [0.1, 0.15) is 22.3 Å². The molecule has 0 aliphatic carbocycles. The number of hydrogen-bond donors (Lipinski definition) is 0. The van der Waals surface area contributed by atoms with Crippen LogP contribution >= 0.6 is 0 Å². The fourth-order valence-corrected chi connectivity index (χ4v) is 2.84. The molecule has 0 fully saturated rings. The Hall–Kier alpha value is -2.56. The monoisotopic (exact) mass is 310 g/mol. The predicted octanol–water partition coefficient (Wildman–Crippen LogP) is 2.62. The van der Waals surface area contributed by atoms with Gasteiger partial charge in [0, 0.05) is 51.2 Å². The van der Waals surface area contributed by atoms with Gasteiger partial charge in [-0.1, -0.05) is 6.07 Å². The summed E-state index contributed by atoms with van der Waals surface area (Å²) in [6.45, 7) is 0.735. The zero-order valence-electron chi connectivity index (χ0n) is 13.9. The number of hydrogen-bond acceptors (Lipinski definition) is 2. The summed E-state index contributed by atoms with van der Waals surface area (Å²) in [5, 5.41) is 5.32. The average Bonchev–Trinajstić information content (AvgIpc) is 3.12. The van der Waals surface area contributed by atoms with E-state index in [0.29, 0.717) is 0 Å². The molecule has 120 valence electrons. The molecule has 0 radical (unpaired) electrons. The first-order chi connectivity index (χ1) is 11.0. The highest BCUT2D eigenvalue weighted by atomic mass is 16.2. The second kappa shape index (κ2) is 6.28. The van der Waals surface area contributed by atoms with Gasteiger partial charge in [-0.15, -0.1) is 0 Å². The summed E-state index contributed by atoms with van der Waals surface area (Å²) in [7, 11) is 5.77. The Morgan fingerprint density at radius 2 is 2.09 bits per heavy atom. The molecule has 0 unspecified atom stereocenters. The molecule has 0 saturated heterocycles. The Labute approximate surface area is 136 Å². The van der Waals surface area contributed by atoms with Gasteiger partial charge in [-0.05, 0) is 42.0 Å². The first kappa shape index (κ1) is 15.3. The van der Waals surface area contributed by atoms with Gasteiger partial charge in [0.2, 0.25) is 0 Å². The molecule has 1 aromatic carbocycles. The van der Waals surface area contributed by atoms with Crippen LogP contribution in [0.3, 0.4) is 0 Å². The number of benzene rings is 1. The lowest BCUT2D eigenvalue weighted by atomic mass is 10.1. The van der Waals surface area contributed by atoms with Crippen molar-refractivity contribution in [3.63, 3.8) is 0 Å². The largest absolute Gasteiger partial charge is 0.351 e. The minimum atomic E-state index is 0.0688. The minimum absolute atomic E-state index is 0.0688. The van der Waals surface area contributed by atoms with E-state index in [1.165, 1.54) is 5.56 Å². The standard InChI is InChI=1S/C18H22N4O/c1-20-10-8-15-6-7-16(11-17(15)20)18(23)21(2)9-4-5-14-12-19-22(3)13-14/h6-8,10-13H,4-5,9H2,1-3H3. The molecular weight excluding hydrogens is 288 g/mol. The SMILES string of the molecule is CN(CCCc1cnn(C)c1)C(=O)c1ccc2ccn(C)c2c1. The molecule has 0 aliphatic heterocycles. The van der Waals surface area contributed by atoms with Crippen molar-refractivity contribution in [1.29, 1.82) is 0 Å². The van der Waals surface area contributed by atoms with E-state index in [0.717, 1.165) is 35.9 Å². The lowest BCUT2D eigenvalue weighted by molar-refractivity contribution is 0.0793. The van der Waals surface area contributed by atoms with Crippen molar-refractivity contribution in [2.45, 2.75) is 12.8 Å². The van der Waals surface area contributed by atoms with Gasteiger partial charge in [0.25, 0.3) is 5.91 Å². The molecule has 0 atom stereocenters. The van der Waals surface area contributed by atoms with Gasteiger partial charge in [-0.2, -0.15) is 5.10 Å². The minimum Gasteiger partial charge on any atom is -0.351 e. The molecular formula is C18H22N4O. The topological polar surface area (TPSA) is 43.1 Å². The van der Waals surface area contributed by atoms with E-state index < -0.39 is 0 Å². The summed E-state index contributed by atoms with van der Waals surface area (Å²) in [6, 6.07) is 7.94. The van der Waals surface area contributed by atoms with Crippen molar-refractivity contribution in [1.82, 2.24) is 19.2 Å². The second-order valence-corrected chi connectivity index (χ2v) is 6.05. The molecule has 23 heavy (non-hydrogen) atoms. The summed E-state index contributed by atoms with van der Waals surface area (Å²) in [5.41, 5.74) is 3.03. The number of amides is 1. The number of carbonyl (C=O) groups is 1. The first-order valence-electron chi connectivity index (χ1n) is 7.82. The zero-order chi connectivity index (χ0) is 16.4. The van der Waals surface area contributed by atoms with Gasteiger partial charge in [-0.3, -0.25) is 9.48 Å². The number of fused-ring (bicyclic) bond motifs is 1. The maximum atomic E-state index is 12.6. The molecule has 2 heterocycles. The van der Waals surface area contributed by atoms with Gasteiger partial charge in [-0.25, -0.2) is 0 Å². The van der Waals surface area contributed by atoms with Crippen molar-refractivity contribution in [2.24, 2.45) is 14.1 Å². The molecule has 0 bridgehead atoms. The highest BCUT2D eigenvalue weighted by Crippen LogP contribution is 2.17. The summed E-state index contributed by atoms with van der Waals surface area (Å²) in [4.78, 5) is 14.4. The van der Waals surface area contributed by atoms with Crippen LogP contribution in [0.5, 0.6) is 0 Å². The molecule has 0 N–H and O–H groups in total. The number of aromatic nitrogens is 3. The number of nitrogens with zero attached hydrogens (tertiary/aromatic N) is 4. The lowest BCUT2D eigenvalue weighted by Gasteiger charge is -2.17. The van der Waals surface area contributed by atoms with Crippen molar-refractivity contribution in [3.8, 4) is 0 Å². The fraction of sp³-hybridized carbons (Fsp3) is 0.333. The first-order valence-corrected chi connectivity index (χ1v) is 7.82. The Morgan fingerprint density at radius 1 is 1.26 bits per heavy atom. The smallest absolute Gasteiger partial charge is 0.253 e. The van der Waals surface area contributed by atoms with Gasteiger partial charge in [0.15, 0.2) is 0 Å². The van der Waals surface area contributed by atoms with Crippen LogP contribution in [-0.4, -0.2) is 38.7 Å². The predicted molar refractivity (Wildman–Crippen MR) is 91.4 cm³/mol. The summed E-state index contributed by atoms with van der Waals surface area (Å²) in [6.07, 6.45) is 7.77. The van der Waals surface area contributed by atoms with E-state index >= 15 is 0 Å². The third-order valence-corrected chi connectivity index (χ3v) is 4.20. The summed E-state index contributed by atoms with van der Waals surface area (Å²) < 4.78 is 3.84. The number of carbonyl (C=O) groups excluding carboxylic acids is 1. The molecule has 5 heteroatoms. The maximum absolute atomic E-state index is 12.6. The van der Waals surface area contributed by atoms with Crippen molar-refractivity contribution >= 4 is 16.8 Å². The van der Waals surface area contributed by atoms with Crippen LogP contribution < -0.4 is 0 Å². The fourth-order valence-electron chi connectivity index (χ4n) is 2.84. The number of rotatable bonds is 5. The van der Waals surface area contributed by atoms with Crippen LogP contribution in [-0.2, 0) is 20.5 Å². The third-order valence-electron chi connectivity index (χ3n) is 4.20. The summed E-state index contributed by atoms with van der Waals surface area (Å²) in [5.74, 6) is 0.0688. The van der Waals surface area contributed by atoms with E-state index in [2.05, 4.69) is 11.2 Å². The van der Waals surface area contributed by atoms with Crippen LogP contribution in [0.4, 0.5) is 0 Å². The van der Waals surface area contributed by atoms with Crippen LogP contribution in [0.2, 0.25) is 0 Å². The molecule has 0 aliphatic rings. The molecule has 0 spiro atoms. The zero-order valence-corrected chi connectivity index (χ0v) is 13.9. The highest BCUT2D eigenvalue weighted by Gasteiger charge is 2.12. The Balaban J connectivity index is 1.62. The normalized spacial score (nSPS) is 11.1. The Bertz CT molecular complexity index is 831. The van der Waals surface area contributed by atoms with Crippen LogP contribution in [0.15, 0.2) is 42.9 Å². The molecule has 1 amide bonds. The van der Waals surface area contributed by atoms with Crippen molar-refractivity contribution in [2.75, 3.05) is 13.6 Å². The molecule has 3 rings (SSSR count). The molecule has 5 nitrogen and oxygen atoms in total. The van der Waals surface area contributed by atoms with Gasteiger partial charge in [0.05, 0.1) is 6.20 Å². The van der Waals surface area contributed by atoms with E-state index in [-0.39, 0.29) is 5.91 Å². The van der Waals surface area contributed by atoms with E-state index in [9.17, 15) is 4.79 Å². The van der Waals surface area contributed by atoms with Crippen LogP contribution in [0.25, 0.3) is 10.9 Å². The average molecular weight is 310 g/mol. The van der Waals surface area contributed by atoms with Crippen molar-refractivity contribution in [3.05, 3.63) is 54.0 Å². The van der Waals surface area contributed by atoms with Gasteiger partial charge in [0.1, 0.15) is 0 Å². The number of aryl methyl sites for hydroxylation is 3. The van der Waals surface area contributed by atoms with Gasteiger partial charge < -0.3 is 9.47 Å².